The average molecular weight is 378 g/mol. The number of fused-ring (bicyclic) bond motifs is 1. The van der Waals surface area contributed by atoms with Gasteiger partial charge in [-0.15, -0.1) is 0 Å². The number of carbonyl (C=O) groups is 1. The van der Waals surface area contributed by atoms with Crippen LogP contribution in [0, 0.1) is 0 Å². The number of benzene rings is 2. The number of rotatable bonds is 5. The van der Waals surface area contributed by atoms with Crippen molar-refractivity contribution in [2.75, 3.05) is 0 Å². The topological polar surface area (TPSA) is 56.0 Å². The van der Waals surface area contributed by atoms with Crippen molar-refractivity contribution < 1.29 is 4.79 Å². The smallest absolute Gasteiger partial charge is 0.329 e. The van der Waals surface area contributed by atoms with Crippen molar-refractivity contribution in [3.8, 4) is 0 Å². The molecule has 5 nitrogen and oxygen atoms in total. The van der Waals surface area contributed by atoms with Crippen molar-refractivity contribution in [3.63, 3.8) is 0 Å². The lowest BCUT2D eigenvalue weighted by Gasteiger charge is -2.08. The molecule has 0 saturated carbocycles. The molecule has 0 radical (unpaired) electrons. The van der Waals surface area contributed by atoms with Gasteiger partial charge in [-0.3, -0.25) is 13.9 Å². The molecule has 7 heteroatoms. The van der Waals surface area contributed by atoms with Crippen LogP contribution in [0.15, 0.2) is 47.3 Å². The zero-order chi connectivity index (χ0) is 18.0. The lowest BCUT2D eigenvalue weighted by atomic mass is 10.2. The Kier molecular flexibility index (Phi) is 5.16. The summed E-state index contributed by atoms with van der Waals surface area (Å²) in [4.78, 5) is 24.8. The molecule has 0 bridgehead atoms. The average Bonchev–Trinajstić information content (AvgIpc) is 2.86. The second-order valence-corrected chi connectivity index (χ2v) is 6.46. The van der Waals surface area contributed by atoms with Gasteiger partial charge in [-0.1, -0.05) is 41.4 Å². The van der Waals surface area contributed by atoms with E-state index in [0.717, 1.165) is 16.6 Å². The Bertz CT molecular complexity index is 992. The van der Waals surface area contributed by atoms with Crippen molar-refractivity contribution in [3.05, 3.63) is 68.6 Å². The van der Waals surface area contributed by atoms with Gasteiger partial charge in [-0.25, -0.2) is 4.79 Å². The highest BCUT2D eigenvalue weighted by atomic mass is 35.5. The maximum Gasteiger partial charge on any atom is 0.329 e. The van der Waals surface area contributed by atoms with Crippen molar-refractivity contribution in [2.24, 2.45) is 0 Å². The van der Waals surface area contributed by atoms with Gasteiger partial charge in [0.1, 0.15) is 6.54 Å². The van der Waals surface area contributed by atoms with Crippen LogP contribution < -0.4 is 11.0 Å². The van der Waals surface area contributed by atoms with E-state index in [1.807, 2.05) is 31.2 Å². The quantitative estimate of drug-likeness (QED) is 0.740. The van der Waals surface area contributed by atoms with E-state index in [2.05, 4.69) is 5.32 Å². The van der Waals surface area contributed by atoms with E-state index in [0.29, 0.717) is 16.6 Å². The molecule has 0 unspecified atom stereocenters. The monoisotopic (exact) mass is 377 g/mol. The summed E-state index contributed by atoms with van der Waals surface area (Å²) in [5, 5.41) is 3.83. The summed E-state index contributed by atoms with van der Waals surface area (Å²) in [6.07, 6.45) is 0. The first-order chi connectivity index (χ1) is 12.0. The van der Waals surface area contributed by atoms with Crippen LogP contribution in [0.3, 0.4) is 0 Å². The number of imidazole rings is 1. The molecule has 1 N–H and O–H groups in total. The third-order valence-corrected chi connectivity index (χ3v) is 4.62. The molecule has 0 atom stereocenters. The fraction of sp³-hybridized carbons (Fsp3) is 0.222. The first-order valence-electron chi connectivity index (χ1n) is 7.90. The molecular weight excluding hydrogens is 361 g/mol. The first-order valence-corrected chi connectivity index (χ1v) is 8.65. The van der Waals surface area contributed by atoms with Gasteiger partial charge in [0.25, 0.3) is 0 Å². The Morgan fingerprint density at radius 2 is 1.76 bits per heavy atom. The van der Waals surface area contributed by atoms with E-state index in [-0.39, 0.29) is 24.7 Å². The molecule has 3 aromatic rings. The second-order valence-electron chi connectivity index (χ2n) is 5.61. The van der Waals surface area contributed by atoms with E-state index in [4.69, 9.17) is 23.2 Å². The van der Waals surface area contributed by atoms with E-state index in [1.165, 1.54) is 4.57 Å². The van der Waals surface area contributed by atoms with Gasteiger partial charge < -0.3 is 5.32 Å². The fourth-order valence-corrected chi connectivity index (χ4v) is 3.26. The Morgan fingerprint density at radius 3 is 2.40 bits per heavy atom. The molecule has 1 amide bonds. The van der Waals surface area contributed by atoms with Crippen LogP contribution in [0.5, 0.6) is 0 Å². The molecule has 0 aliphatic heterocycles. The SMILES string of the molecule is CCn1c(=O)n(CC(=O)NCc2ccc(Cl)cc2Cl)c2ccccc21. The predicted molar refractivity (Wildman–Crippen MR) is 100 cm³/mol. The highest BCUT2D eigenvalue weighted by molar-refractivity contribution is 6.35. The van der Waals surface area contributed by atoms with E-state index >= 15 is 0 Å². The third-order valence-electron chi connectivity index (χ3n) is 4.03. The van der Waals surface area contributed by atoms with Gasteiger partial charge in [-0.2, -0.15) is 0 Å². The second kappa shape index (κ2) is 7.33. The molecule has 2 aromatic carbocycles. The van der Waals surface area contributed by atoms with Crippen LogP contribution in [-0.4, -0.2) is 15.0 Å². The van der Waals surface area contributed by atoms with E-state index in [1.54, 1.807) is 22.8 Å². The van der Waals surface area contributed by atoms with Crippen molar-refractivity contribution in [1.29, 1.82) is 0 Å². The lowest BCUT2D eigenvalue weighted by molar-refractivity contribution is -0.121. The summed E-state index contributed by atoms with van der Waals surface area (Å²) >= 11 is 12.0. The predicted octanol–water partition coefficient (Wildman–Crippen LogP) is 3.45. The van der Waals surface area contributed by atoms with Gasteiger partial charge in [0.2, 0.25) is 5.91 Å². The standard InChI is InChI=1S/C18H17Cl2N3O2/c1-2-22-15-5-3-4-6-16(15)23(18(22)25)11-17(24)21-10-12-7-8-13(19)9-14(12)20/h3-9H,2,10-11H2,1H3,(H,21,24). The number of aromatic nitrogens is 2. The molecule has 0 spiro atoms. The Hall–Kier alpha value is -2.24. The number of nitrogens with one attached hydrogen (secondary N) is 1. The van der Waals surface area contributed by atoms with E-state index in [9.17, 15) is 9.59 Å². The van der Waals surface area contributed by atoms with Gasteiger partial charge in [-0.05, 0) is 36.8 Å². The van der Waals surface area contributed by atoms with Crippen molar-refractivity contribution in [1.82, 2.24) is 14.5 Å². The van der Waals surface area contributed by atoms with Gasteiger partial charge in [0, 0.05) is 23.1 Å². The van der Waals surface area contributed by atoms with Crippen LogP contribution in [0.1, 0.15) is 12.5 Å². The molecule has 0 saturated heterocycles. The lowest BCUT2D eigenvalue weighted by Crippen LogP contribution is -2.32. The highest BCUT2D eigenvalue weighted by Gasteiger charge is 2.14. The molecule has 130 valence electrons. The first kappa shape index (κ1) is 17.6. The number of aryl methyl sites for hydroxylation is 1. The number of nitrogens with zero attached hydrogens (tertiary/aromatic N) is 2. The molecule has 0 aliphatic carbocycles. The number of hydrogen-bond acceptors (Lipinski definition) is 2. The van der Waals surface area contributed by atoms with Crippen molar-refractivity contribution >= 4 is 40.1 Å². The molecule has 3 rings (SSSR count). The van der Waals surface area contributed by atoms with Crippen LogP contribution in [0.4, 0.5) is 0 Å². The van der Waals surface area contributed by atoms with E-state index < -0.39 is 0 Å². The number of halogens is 2. The van der Waals surface area contributed by atoms with Gasteiger partial charge in [0.05, 0.1) is 11.0 Å². The minimum Gasteiger partial charge on any atom is -0.350 e. The third kappa shape index (κ3) is 3.57. The summed E-state index contributed by atoms with van der Waals surface area (Å²) in [6.45, 7) is 2.68. The number of amides is 1. The molecule has 0 aliphatic rings. The minimum absolute atomic E-state index is 0.0441. The fourth-order valence-electron chi connectivity index (χ4n) is 2.79. The number of hydrogen-bond donors (Lipinski definition) is 1. The summed E-state index contributed by atoms with van der Waals surface area (Å²) in [5.74, 6) is -0.257. The normalized spacial score (nSPS) is 11.0. The van der Waals surface area contributed by atoms with Crippen LogP contribution in [-0.2, 0) is 24.4 Å². The van der Waals surface area contributed by atoms with Gasteiger partial charge in [0.15, 0.2) is 0 Å². The largest absolute Gasteiger partial charge is 0.350 e. The van der Waals surface area contributed by atoms with Crippen LogP contribution in [0.2, 0.25) is 10.0 Å². The van der Waals surface area contributed by atoms with Gasteiger partial charge >= 0.3 is 5.69 Å². The molecule has 25 heavy (non-hydrogen) atoms. The Balaban J connectivity index is 1.78. The molecular formula is C18H17Cl2N3O2. The summed E-state index contributed by atoms with van der Waals surface area (Å²) in [5.41, 5.74) is 2.14. The maximum absolute atomic E-state index is 12.5. The number of carbonyl (C=O) groups excluding carboxylic acids is 1. The maximum atomic E-state index is 12.5. The Labute approximate surface area is 154 Å². The number of para-hydroxylation sites is 2. The minimum atomic E-state index is -0.257. The summed E-state index contributed by atoms with van der Waals surface area (Å²) in [6, 6.07) is 12.6. The van der Waals surface area contributed by atoms with Crippen LogP contribution in [0.25, 0.3) is 11.0 Å². The Morgan fingerprint density at radius 1 is 1.08 bits per heavy atom. The molecule has 1 heterocycles. The molecule has 0 fully saturated rings. The van der Waals surface area contributed by atoms with Crippen molar-refractivity contribution in [2.45, 2.75) is 26.6 Å². The summed E-state index contributed by atoms with van der Waals surface area (Å²) in [7, 11) is 0. The van der Waals surface area contributed by atoms with Crippen LogP contribution >= 0.6 is 23.2 Å². The highest BCUT2D eigenvalue weighted by Crippen LogP contribution is 2.20. The summed E-state index contributed by atoms with van der Waals surface area (Å²) < 4.78 is 3.14. The zero-order valence-electron chi connectivity index (χ0n) is 13.6. The molecule has 1 aromatic heterocycles. The zero-order valence-corrected chi connectivity index (χ0v) is 15.1.